The molecule has 0 aliphatic carbocycles. The van der Waals surface area contributed by atoms with Gasteiger partial charge >= 0.3 is 0 Å². The van der Waals surface area contributed by atoms with Gasteiger partial charge < -0.3 is 4.74 Å². The van der Waals surface area contributed by atoms with Crippen LogP contribution < -0.4 is 0 Å². The average molecular weight is 210 g/mol. The summed E-state index contributed by atoms with van der Waals surface area (Å²) in [5.74, 6) is 0.313. The quantitative estimate of drug-likeness (QED) is 0.476. The minimum absolute atomic E-state index is 0.0850. The molecule has 2 heteroatoms. The summed E-state index contributed by atoms with van der Waals surface area (Å²) in [6.07, 6.45) is 10.1. The summed E-state index contributed by atoms with van der Waals surface area (Å²) < 4.78 is 5.45. The summed E-state index contributed by atoms with van der Waals surface area (Å²) in [4.78, 5) is 11.7. The van der Waals surface area contributed by atoms with Crippen LogP contribution in [0.4, 0.5) is 0 Å². The molecule has 0 spiro atoms. The van der Waals surface area contributed by atoms with E-state index in [1.807, 2.05) is 6.08 Å². The van der Waals surface area contributed by atoms with Crippen LogP contribution in [-0.4, -0.2) is 18.5 Å². The highest BCUT2D eigenvalue weighted by Gasteiger charge is 2.20. The maximum absolute atomic E-state index is 11.7. The number of hydrogen-bond acceptors (Lipinski definition) is 2. The molecule has 0 aromatic carbocycles. The minimum atomic E-state index is -0.0850. The van der Waals surface area contributed by atoms with Crippen molar-refractivity contribution in [1.29, 1.82) is 0 Å². The number of carbonyl (C=O) groups is 1. The Labute approximate surface area is 92.7 Å². The Bertz CT molecular complexity index is 193. The monoisotopic (exact) mass is 210 g/mol. The van der Waals surface area contributed by atoms with Crippen molar-refractivity contribution in [1.82, 2.24) is 0 Å². The van der Waals surface area contributed by atoms with Gasteiger partial charge in [0, 0.05) is 13.0 Å². The van der Waals surface area contributed by atoms with E-state index in [0.717, 1.165) is 51.6 Å². The van der Waals surface area contributed by atoms with Crippen LogP contribution in [0.25, 0.3) is 0 Å². The first kappa shape index (κ1) is 12.4. The first-order valence-corrected chi connectivity index (χ1v) is 6.10. The molecule has 0 aromatic heterocycles. The fourth-order valence-electron chi connectivity index (χ4n) is 1.92. The third kappa shape index (κ3) is 5.12. The Hall–Kier alpha value is -0.630. The molecule has 1 atom stereocenters. The van der Waals surface area contributed by atoms with Crippen molar-refractivity contribution in [2.24, 2.45) is 0 Å². The summed E-state index contributed by atoms with van der Waals surface area (Å²) in [6, 6.07) is 0. The molecule has 0 N–H and O–H groups in total. The Morgan fingerprint density at radius 2 is 2.20 bits per heavy atom. The maximum Gasteiger partial charge on any atom is 0.161 e. The van der Waals surface area contributed by atoms with E-state index in [4.69, 9.17) is 4.74 Å². The van der Waals surface area contributed by atoms with Gasteiger partial charge in [0.05, 0.1) is 0 Å². The zero-order valence-corrected chi connectivity index (χ0v) is 9.54. The number of Topliss-reactive ketones (excluding diaryl/α,β-unsaturated/α-hetero) is 1. The maximum atomic E-state index is 11.7. The average Bonchev–Trinajstić information content (AvgIpc) is 2.30. The molecule has 86 valence electrons. The zero-order valence-electron chi connectivity index (χ0n) is 9.54. The summed E-state index contributed by atoms with van der Waals surface area (Å²) in [6.45, 7) is 4.45. The molecule has 0 radical (unpaired) electrons. The van der Waals surface area contributed by atoms with E-state index < -0.39 is 0 Å². The molecule has 1 unspecified atom stereocenters. The summed E-state index contributed by atoms with van der Waals surface area (Å²) in [5.41, 5.74) is 0. The van der Waals surface area contributed by atoms with E-state index in [9.17, 15) is 4.79 Å². The number of hydrogen-bond donors (Lipinski definition) is 0. The smallest absolute Gasteiger partial charge is 0.161 e. The summed E-state index contributed by atoms with van der Waals surface area (Å²) in [7, 11) is 0. The second-order valence-electron chi connectivity index (χ2n) is 4.21. The molecule has 0 amide bonds. The number of rotatable bonds is 7. The molecule has 0 saturated carbocycles. The van der Waals surface area contributed by atoms with Gasteiger partial charge in [-0.3, -0.25) is 4.79 Å². The lowest BCUT2D eigenvalue weighted by Gasteiger charge is -2.21. The van der Waals surface area contributed by atoms with E-state index in [2.05, 4.69) is 6.58 Å². The van der Waals surface area contributed by atoms with E-state index in [1.165, 1.54) is 0 Å². The SMILES string of the molecule is C=CCCCCCC(=O)C1CCCCO1. The normalized spacial score (nSPS) is 21.2. The molecule has 1 rings (SSSR count). The standard InChI is InChI=1S/C13H22O2/c1-2-3-4-5-6-9-12(14)13-10-7-8-11-15-13/h2,13H,1,3-11H2. The third-order valence-corrected chi connectivity index (χ3v) is 2.87. The predicted molar refractivity (Wildman–Crippen MR) is 61.9 cm³/mol. The van der Waals surface area contributed by atoms with Gasteiger partial charge in [-0.15, -0.1) is 6.58 Å². The van der Waals surface area contributed by atoms with Crippen LogP contribution in [0.3, 0.4) is 0 Å². The van der Waals surface area contributed by atoms with Crippen molar-refractivity contribution in [2.45, 2.75) is 57.5 Å². The van der Waals surface area contributed by atoms with Crippen LogP contribution in [0, 0.1) is 0 Å². The largest absolute Gasteiger partial charge is 0.370 e. The van der Waals surface area contributed by atoms with Gasteiger partial charge in [-0.05, 0) is 38.5 Å². The zero-order chi connectivity index (χ0) is 10.9. The van der Waals surface area contributed by atoms with Crippen molar-refractivity contribution in [3.8, 4) is 0 Å². The fraction of sp³-hybridized carbons (Fsp3) is 0.769. The van der Waals surface area contributed by atoms with Crippen LogP contribution in [0.1, 0.15) is 51.4 Å². The van der Waals surface area contributed by atoms with Crippen molar-refractivity contribution >= 4 is 5.78 Å². The van der Waals surface area contributed by atoms with E-state index in [-0.39, 0.29) is 6.10 Å². The lowest BCUT2D eigenvalue weighted by Crippen LogP contribution is -2.27. The highest BCUT2D eigenvalue weighted by molar-refractivity contribution is 5.83. The molecule has 1 saturated heterocycles. The Balaban J connectivity index is 2.04. The van der Waals surface area contributed by atoms with Crippen molar-refractivity contribution in [3.63, 3.8) is 0 Å². The van der Waals surface area contributed by atoms with Crippen molar-refractivity contribution in [2.75, 3.05) is 6.61 Å². The molecule has 1 aliphatic heterocycles. The number of carbonyl (C=O) groups excluding carboxylic acids is 1. The second kappa shape index (κ2) is 7.63. The van der Waals surface area contributed by atoms with Gasteiger partial charge in [-0.1, -0.05) is 12.5 Å². The molecule has 0 bridgehead atoms. The molecule has 1 heterocycles. The second-order valence-corrected chi connectivity index (χ2v) is 4.21. The van der Waals surface area contributed by atoms with Gasteiger partial charge in [-0.25, -0.2) is 0 Å². The third-order valence-electron chi connectivity index (χ3n) is 2.87. The van der Waals surface area contributed by atoms with Crippen LogP contribution >= 0.6 is 0 Å². The van der Waals surface area contributed by atoms with Gasteiger partial charge in [0.25, 0.3) is 0 Å². The number of ether oxygens (including phenoxy) is 1. The first-order valence-electron chi connectivity index (χ1n) is 6.10. The van der Waals surface area contributed by atoms with E-state index >= 15 is 0 Å². The van der Waals surface area contributed by atoms with Gasteiger partial charge in [0.1, 0.15) is 6.10 Å². The molecule has 15 heavy (non-hydrogen) atoms. The van der Waals surface area contributed by atoms with E-state index in [0.29, 0.717) is 12.2 Å². The summed E-state index contributed by atoms with van der Waals surface area (Å²) in [5, 5.41) is 0. The molecular weight excluding hydrogens is 188 g/mol. The molecule has 1 aliphatic rings. The topological polar surface area (TPSA) is 26.3 Å². The van der Waals surface area contributed by atoms with Gasteiger partial charge in [0.15, 0.2) is 5.78 Å². The lowest BCUT2D eigenvalue weighted by molar-refractivity contribution is -0.133. The number of ketones is 1. The van der Waals surface area contributed by atoms with Crippen LogP contribution in [0.15, 0.2) is 12.7 Å². The van der Waals surface area contributed by atoms with Gasteiger partial charge in [-0.2, -0.15) is 0 Å². The molecule has 0 aromatic rings. The highest BCUT2D eigenvalue weighted by Crippen LogP contribution is 2.16. The minimum Gasteiger partial charge on any atom is -0.370 e. The lowest BCUT2D eigenvalue weighted by atomic mass is 10.0. The van der Waals surface area contributed by atoms with Gasteiger partial charge in [0.2, 0.25) is 0 Å². The van der Waals surface area contributed by atoms with Crippen molar-refractivity contribution in [3.05, 3.63) is 12.7 Å². The summed E-state index contributed by atoms with van der Waals surface area (Å²) >= 11 is 0. The molecule has 1 fully saturated rings. The van der Waals surface area contributed by atoms with Crippen LogP contribution in [0.2, 0.25) is 0 Å². The molecular formula is C13H22O2. The first-order chi connectivity index (χ1) is 7.34. The van der Waals surface area contributed by atoms with Crippen LogP contribution in [0.5, 0.6) is 0 Å². The van der Waals surface area contributed by atoms with E-state index in [1.54, 1.807) is 0 Å². The van der Waals surface area contributed by atoms with Crippen molar-refractivity contribution < 1.29 is 9.53 Å². The Morgan fingerprint density at radius 1 is 1.33 bits per heavy atom. The molecule has 2 nitrogen and oxygen atoms in total. The number of unbranched alkanes of at least 4 members (excludes halogenated alkanes) is 3. The number of allylic oxidation sites excluding steroid dienone is 1. The Kier molecular flexibility index (Phi) is 6.33. The highest BCUT2D eigenvalue weighted by atomic mass is 16.5. The fourth-order valence-corrected chi connectivity index (χ4v) is 1.92. The Morgan fingerprint density at radius 3 is 2.87 bits per heavy atom. The van der Waals surface area contributed by atoms with Crippen LogP contribution in [-0.2, 0) is 9.53 Å². The predicted octanol–water partition coefficient (Wildman–Crippen LogP) is 3.26.